The summed E-state index contributed by atoms with van der Waals surface area (Å²) in [7, 11) is 2.89. The molecule has 6 nitrogen and oxygen atoms in total. The number of hydrogen-bond donors (Lipinski definition) is 0. The first-order chi connectivity index (χ1) is 7.65. The van der Waals surface area contributed by atoms with Gasteiger partial charge in [-0.2, -0.15) is 0 Å². The van der Waals surface area contributed by atoms with Gasteiger partial charge in [0, 0.05) is 7.11 Å². The molecule has 0 aliphatic heterocycles. The summed E-state index contributed by atoms with van der Waals surface area (Å²) in [6.07, 6.45) is 0.903. The third-order valence-corrected chi connectivity index (χ3v) is 2.46. The summed E-state index contributed by atoms with van der Waals surface area (Å²) < 4.78 is 11.4. The first-order valence-electron chi connectivity index (χ1n) is 5.17. The average molecular weight is 227 g/mol. The summed E-state index contributed by atoms with van der Waals surface area (Å²) in [5.41, 5.74) is 0.883. The van der Waals surface area contributed by atoms with Crippen molar-refractivity contribution in [3.8, 4) is 0 Å². The van der Waals surface area contributed by atoms with Crippen molar-refractivity contribution in [1.82, 2.24) is 15.0 Å². The normalized spacial score (nSPS) is 12.5. The van der Waals surface area contributed by atoms with E-state index in [4.69, 9.17) is 4.74 Å². The van der Waals surface area contributed by atoms with E-state index in [1.807, 2.05) is 13.8 Å². The van der Waals surface area contributed by atoms with E-state index in [9.17, 15) is 4.79 Å². The fourth-order valence-electron chi connectivity index (χ4n) is 1.37. The minimum atomic E-state index is -0.485. The van der Waals surface area contributed by atoms with Gasteiger partial charge < -0.3 is 9.47 Å². The Morgan fingerprint density at radius 2 is 2.19 bits per heavy atom. The van der Waals surface area contributed by atoms with Crippen molar-refractivity contribution < 1.29 is 14.3 Å². The maximum Gasteiger partial charge on any atom is 0.360 e. The Kier molecular flexibility index (Phi) is 4.42. The van der Waals surface area contributed by atoms with Gasteiger partial charge in [-0.15, -0.1) is 5.10 Å². The Morgan fingerprint density at radius 1 is 1.50 bits per heavy atom. The highest BCUT2D eigenvalue weighted by molar-refractivity contribution is 5.88. The van der Waals surface area contributed by atoms with Gasteiger partial charge >= 0.3 is 5.97 Å². The van der Waals surface area contributed by atoms with Crippen LogP contribution in [0.3, 0.4) is 0 Å². The summed E-state index contributed by atoms with van der Waals surface area (Å²) in [6, 6.07) is 0.177. The molecule has 1 unspecified atom stereocenters. The second-order valence-electron chi connectivity index (χ2n) is 3.51. The highest BCUT2D eigenvalue weighted by Gasteiger charge is 2.21. The number of ether oxygens (including phenoxy) is 2. The number of aromatic nitrogens is 3. The maximum atomic E-state index is 11.4. The van der Waals surface area contributed by atoms with E-state index < -0.39 is 5.97 Å². The standard InChI is InChI=1S/C10H17N3O3/c1-5-7(2)13-8(6-15-3)9(11-12-13)10(14)16-4/h7H,5-6H2,1-4H3. The zero-order valence-electron chi connectivity index (χ0n) is 10.1. The molecule has 0 saturated carbocycles. The van der Waals surface area contributed by atoms with E-state index in [1.165, 1.54) is 7.11 Å². The number of hydrogen-bond acceptors (Lipinski definition) is 5. The lowest BCUT2D eigenvalue weighted by Gasteiger charge is -2.12. The molecule has 0 fully saturated rings. The maximum absolute atomic E-state index is 11.4. The molecule has 1 rings (SSSR count). The lowest BCUT2D eigenvalue weighted by molar-refractivity contribution is 0.0588. The molecule has 0 saturated heterocycles. The fraction of sp³-hybridized carbons (Fsp3) is 0.700. The van der Waals surface area contributed by atoms with Crippen molar-refractivity contribution in [3.05, 3.63) is 11.4 Å². The molecule has 90 valence electrons. The van der Waals surface area contributed by atoms with E-state index in [0.29, 0.717) is 12.3 Å². The van der Waals surface area contributed by atoms with Crippen LogP contribution in [0.15, 0.2) is 0 Å². The largest absolute Gasteiger partial charge is 0.464 e. The van der Waals surface area contributed by atoms with Gasteiger partial charge in [0.15, 0.2) is 5.69 Å². The molecule has 0 aliphatic rings. The fourth-order valence-corrected chi connectivity index (χ4v) is 1.37. The van der Waals surface area contributed by atoms with Crippen LogP contribution in [0, 0.1) is 0 Å². The van der Waals surface area contributed by atoms with Crippen LogP contribution in [0.5, 0.6) is 0 Å². The molecule has 0 spiro atoms. The van der Waals surface area contributed by atoms with E-state index >= 15 is 0 Å². The monoisotopic (exact) mass is 227 g/mol. The highest BCUT2D eigenvalue weighted by Crippen LogP contribution is 2.16. The van der Waals surface area contributed by atoms with Crippen LogP contribution in [0.1, 0.15) is 42.5 Å². The number of carbonyl (C=O) groups is 1. The molecular weight excluding hydrogens is 210 g/mol. The summed E-state index contributed by atoms with van der Waals surface area (Å²) in [6.45, 7) is 4.34. The van der Waals surface area contributed by atoms with Gasteiger partial charge in [0.05, 0.1) is 25.5 Å². The van der Waals surface area contributed by atoms with Crippen molar-refractivity contribution in [2.45, 2.75) is 32.9 Å². The van der Waals surface area contributed by atoms with E-state index in [1.54, 1.807) is 11.8 Å². The van der Waals surface area contributed by atoms with Crippen molar-refractivity contribution in [3.63, 3.8) is 0 Å². The van der Waals surface area contributed by atoms with Gasteiger partial charge in [-0.1, -0.05) is 12.1 Å². The van der Waals surface area contributed by atoms with Gasteiger partial charge in [0.2, 0.25) is 0 Å². The van der Waals surface area contributed by atoms with Crippen LogP contribution in [0.4, 0.5) is 0 Å². The van der Waals surface area contributed by atoms with Crippen LogP contribution in [0.25, 0.3) is 0 Å². The average Bonchev–Trinajstić information content (AvgIpc) is 2.71. The van der Waals surface area contributed by atoms with E-state index in [-0.39, 0.29) is 11.7 Å². The number of carbonyl (C=O) groups excluding carboxylic acids is 1. The number of methoxy groups -OCH3 is 2. The van der Waals surface area contributed by atoms with Gasteiger partial charge in [-0.25, -0.2) is 9.48 Å². The first-order valence-corrected chi connectivity index (χ1v) is 5.17. The van der Waals surface area contributed by atoms with Crippen LogP contribution >= 0.6 is 0 Å². The molecule has 1 atom stereocenters. The van der Waals surface area contributed by atoms with Crippen LogP contribution in [-0.4, -0.2) is 35.2 Å². The van der Waals surface area contributed by atoms with Crippen molar-refractivity contribution >= 4 is 5.97 Å². The molecule has 1 heterocycles. The Hall–Kier alpha value is -1.43. The molecule has 1 aromatic rings. The number of esters is 1. The minimum absolute atomic E-state index is 0.177. The third-order valence-electron chi connectivity index (χ3n) is 2.46. The smallest absolute Gasteiger partial charge is 0.360 e. The molecule has 0 aromatic carbocycles. The quantitative estimate of drug-likeness (QED) is 0.707. The SMILES string of the molecule is CCC(C)n1nnc(C(=O)OC)c1COC. The van der Waals surface area contributed by atoms with E-state index in [0.717, 1.165) is 6.42 Å². The molecule has 16 heavy (non-hydrogen) atoms. The Morgan fingerprint density at radius 3 is 2.69 bits per heavy atom. The van der Waals surface area contributed by atoms with Gasteiger partial charge in [0.1, 0.15) is 0 Å². The predicted octanol–water partition coefficient (Wildman–Crippen LogP) is 1.18. The summed E-state index contributed by atoms with van der Waals surface area (Å²) in [5, 5.41) is 7.79. The molecule has 0 N–H and O–H groups in total. The molecule has 0 bridgehead atoms. The third kappa shape index (κ3) is 2.38. The van der Waals surface area contributed by atoms with Crippen LogP contribution in [0.2, 0.25) is 0 Å². The number of nitrogens with zero attached hydrogens (tertiary/aromatic N) is 3. The second-order valence-corrected chi connectivity index (χ2v) is 3.51. The van der Waals surface area contributed by atoms with E-state index in [2.05, 4.69) is 15.0 Å². The van der Waals surface area contributed by atoms with Crippen LogP contribution in [-0.2, 0) is 16.1 Å². The topological polar surface area (TPSA) is 66.2 Å². The molecular formula is C10H17N3O3. The molecule has 0 amide bonds. The van der Waals surface area contributed by atoms with Gasteiger partial charge in [-0.3, -0.25) is 0 Å². The lowest BCUT2D eigenvalue weighted by atomic mass is 10.2. The zero-order chi connectivity index (χ0) is 12.1. The highest BCUT2D eigenvalue weighted by atomic mass is 16.5. The molecule has 0 radical (unpaired) electrons. The Balaban J connectivity index is 3.11. The minimum Gasteiger partial charge on any atom is -0.464 e. The molecule has 1 aromatic heterocycles. The predicted molar refractivity (Wildman–Crippen MR) is 57.1 cm³/mol. The number of rotatable bonds is 5. The summed E-state index contributed by atoms with van der Waals surface area (Å²) >= 11 is 0. The van der Waals surface area contributed by atoms with Gasteiger partial charge in [0.25, 0.3) is 0 Å². The van der Waals surface area contributed by atoms with Crippen molar-refractivity contribution in [1.29, 1.82) is 0 Å². The Bertz CT molecular complexity index is 362. The van der Waals surface area contributed by atoms with Crippen molar-refractivity contribution in [2.24, 2.45) is 0 Å². The first kappa shape index (κ1) is 12.6. The zero-order valence-corrected chi connectivity index (χ0v) is 10.1. The summed E-state index contributed by atoms with van der Waals surface area (Å²) in [5.74, 6) is -0.485. The summed E-state index contributed by atoms with van der Waals surface area (Å²) in [4.78, 5) is 11.4. The Labute approximate surface area is 94.5 Å². The lowest BCUT2D eigenvalue weighted by Crippen LogP contribution is -2.13. The van der Waals surface area contributed by atoms with Crippen LogP contribution < -0.4 is 0 Å². The van der Waals surface area contributed by atoms with Crippen molar-refractivity contribution in [2.75, 3.05) is 14.2 Å². The molecule has 0 aliphatic carbocycles. The second kappa shape index (κ2) is 5.60. The molecule has 6 heteroatoms. The van der Waals surface area contributed by atoms with Gasteiger partial charge in [-0.05, 0) is 13.3 Å².